The number of nitrogens with one attached hydrogen (secondary N) is 2. The third-order valence-electron chi connectivity index (χ3n) is 3.46. The number of rotatable bonds is 4. The zero-order valence-electron chi connectivity index (χ0n) is 13.1. The maximum atomic E-state index is 12.0. The fourth-order valence-electron chi connectivity index (χ4n) is 2.36. The minimum absolute atomic E-state index is 0.324. The van der Waals surface area contributed by atoms with Crippen molar-refractivity contribution in [1.82, 2.24) is 4.98 Å². The molecule has 0 aliphatic heterocycles. The Balaban J connectivity index is 1.54. The lowest BCUT2D eigenvalue weighted by atomic mass is 10.2. The van der Waals surface area contributed by atoms with Gasteiger partial charge in [0.2, 0.25) is 0 Å². The molecule has 4 rings (SSSR count). The van der Waals surface area contributed by atoms with E-state index >= 15 is 0 Å². The predicted molar refractivity (Wildman–Crippen MR) is 101 cm³/mol. The third kappa shape index (κ3) is 3.21. The molecule has 2 N–H and O–H groups in total. The van der Waals surface area contributed by atoms with E-state index in [0.717, 1.165) is 10.4 Å². The molecule has 126 valence electrons. The molecule has 6 nitrogen and oxygen atoms in total. The number of thiophene rings is 1. The molecule has 0 aliphatic rings. The van der Waals surface area contributed by atoms with Gasteiger partial charge in [-0.15, -0.1) is 22.7 Å². The van der Waals surface area contributed by atoms with Crippen molar-refractivity contribution in [3.63, 3.8) is 0 Å². The monoisotopic (exact) mass is 371 g/mol. The Morgan fingerprint density at radius 3 is 2.92 bits per heavy atom. The molecule has 0 radical (unpaired) electrons. The van der Waals surface area contributed by atoms with Crippen molar-refractivity contribution < 1.29 is 13.9 Å². The standard InChI is InChI=1S/C17H13N3O3S2/c1-22-12-5-2-4-10-8-13(23-15(10)12)11-9-25-17(18-11)20-16(21)19-14-6-3-7-24-14/h2-9H,1H3,(H2,18,19,20,21). The van der Waals surface area contributed by atoms with E-state index in [0.29, 0.717) is 27.9 Å². The van der Waals surface area contributed by atoms with E-state index in [1.165, 1.54) is 22.7 Å². The maximum absolute atomic E-state index is 12.0. The van der Waals surface area contributed by atoms with Crippen LogP contribution < -0.4 is 15.4 Å². The van der Waals surface area contributed by atoms with E-state index < -0.39 is 0 Å². The molecule has 4 aromatic rings. The SMILES string of the molecule is COc1cccc2cc(-c3csc(NC(=O)Nc4cccs4)n3)oc12. The number of hydrogen-bond donors (Lipinski definition) is 2. The average Bonchev–Trinajstić information content (AvgIpc) is 3.33. The number of carbonyl (C=O) groups excluding carboxylic acids is 1. The molecule has 0 unspecified atom stereocenters. The predicted octanol–water partition coefficient (Wildman–Crippen LogP) is 5.27. The molecule has 0 atom stereocenters. The lowest BCUT2D eigenvalue weighted by molar-refractivity contribution is 0.262. The topological polar surface area (TPSA) is 76.4 Å². The molecular weight excluding hydrogens is 358 g/mol. The van der Waals surface area contributed by atoms with Crippen LogP contribution >= 0.6 is 22.7 Å². The van der Waals surface area contributed by atoms with Crippen molar-refractivity contribution in [2.45, 2.75) is 0 Å². The van der Waals surface area contributed by atoms with Crippen molar-refractivity contribution >= 4 is 49.8 Å². The van der Waals surface area contributed by atoms with Crippen LogP contribution in [0.5, 0.6) is 5.75 Å². The molecule has 1 aromatic carbocycles. The molecule has 0 bridgehead atoms. The van der Waals surface area contributed by atoms with Crippen LogP contribution in [-0.4, -0.2) is 18.1 Å². The average molecular weight is 371 g/mol. The van der Waals surface area contributed by atoms with Crippen LogP contribution in [0.4, 0.5) is 14.9 Å². The Labute approximate surface area is 151 Å². The summed E-state index contributed by atoms with van der Waals surface area (Å²) in [7, 11) is 1.61. The molecule has 3 aromatic heterocycles. The summed E-state index contributed by atoms with van der Waals surface area (Å²) in [4.78, 5) is 16.4. The summed E-state index contributed by atoms with van der Waals surface area (Å²) in [5.41, 5.74) is 1.34. The third-order valence-corrected chi connectivity index (χ3v) is 5.01. The number of carbonyl (C=O) groups is 1. The molecule has 8 heteroatoms. The van der Waals surface area contributed by atoms with Gasteiger partial charge in [-0.05, 0) is 29.6 Å². The Hall–Kier alpha value is -2.84. The van der Waals surface area contributed by atoms with Crippen LogP contribution in [-0.2, 0) is 0 Å². The van der Waals surface area contributed by atoms with E-state index in [1.54, 1.807) is 7.11 Å². The summed E-state index contributed by atoms with van der Waals surface area (Å²) < 4.78 is 11.2. The Morgan fingerprint density at radius 2 is 2.12 bits per heavy atom. The van der Waals surface area contributed by atoms with E-state index in [-0.39, 0.29) is 6.03 Å². The van der Waals surface area contributed by atoms with Crippen LogP contribution in [0.15, 0.2) is 51.6 Å². The minimum Gasteiger partial charge on any atom is -0.493 e. The molecule has 25 heavy (non-hydrogen) atoms. The smallest absolute Gasteiger partial charge is 0.326 e. The van der Waals surface area contributed by atoms with Crippen molar-refractivity contribution in [3.05, 3.63) is 47.2 Å². The number of nitrogens with zero attached hydrogens (tertiary/aromatic N) is 1. The number of fused-ring (bicyclic) bond motifs is 1. The first-order valence-corrected chi connectivity index (χ1v) is 9.13. The molecule has 0 saturated heterocycles. The largest absolute Gasteiger partial charge is 0.493 e. The van der Waals surface area contributed by atoms with Gasteiger partial charge in [0, 0.05) is 10.8 Å². The molecular formula is C17H13N3O3S2. The zero-order valence-corrected chi connectivity index (χ0v) is 14.7. The number of amides is 2. The van der Waals surface area contributed by atoms with Crippen molar-refractivity contribution in [2.24, 2.45) is 0 Å². The van der Waals surface area contributed by atoms with E-state index in [9.17, 15) is 4.79 Å². The van der Waals surface area contributed by atoms with Crippen LogP contribution in [0.1, 0.15) is 0 Å². The van der Waals surface area contributed by atoms with Crippen molar-refractivity contribution in [1.29, 1.82) is 0 Å². The lowest BCUT2D eigenvalue weighted by Gasteiger charge is -2.01. The summed E-state index contributed by atoms with van der Waals surface area (Å²) >= 11 is 2.79. The fraction of sp³-hybridized carbons (Fsp3) is 0.0588. The van der Waals surface area contributed by atoms with E-state index in [2.05, 4.69) is 15.6 Å². The first-order chi connectivity index (χ1) is 12.2. The zero-order chi connectivity index (χ0) is 17.2. The van der Waals surface area contributed by atoms with Crippen molar-refractivity contribution in [3.8, 4) is 17.2 Å². The highest BCUT2D eigenvalue weighted by Crippen LogP contribution is 2.34. The second-order valence-corrected chi connectivity index (χ2v) is 6.89. The Bertz CT molecular complexity index is 1020. The number of hydrogen-bond acceptors (Lipinski definition) is 6. The number of thiazole rings is 1. The van der Waals surface area contributed by atoms with Gasteiger partial charge in [-0.2, -0.15) is 0 Å². The summed E-state index contributed by atoms with van der Waals surface area (Å²) in [6.45, 7) is 0. The fourth-order valence-corrected chi connectivity index (χ4v) is 3.66. The quantitative estimate of drug-likeness (QED) is 0.512. The second-order valence-electron chi connectivity index (χ2n) is 5.08. The summed E-state index contributed by atoms with van der Waals surface area (Å²) in [6.07, 6.45) is 0. The first-order valence-electron chi connectivity index (χ1n) is 7.37. The van der Waals surface area contributed by atoms with Gasteiger partial charge in [0.15, 0.2) is 22.2 Å². The van der Waals surface area contributed by atoms with Gasteiger partial charge in [0.25, 0.3) is 0 Å². The number of urea groups is 1. The summed E-state index contributed by atoms with van der Waals surface area (Å²) in [5, 5.41) is 11.4. The van der Waals surface area contributed by atoms with E-state index in [4.69, 9.17) is 9.15 Å². The van der Waals surface area contributed by atoms with Crippen LogP contribution in [0.3, 0.4) is 0 Å². The molecule has 0 saturated carbocycles. The highest BCUT2D eigenvalue weighted by Gasteiger charge is 2.14. The van der Waals surface area contributed by atoms with Gasteiger partial charge in [0.05, 0.1) is 12.1 Å². The first kappa shape index (κ1) is 15.7. The Morgan fingerprint density at radius 1 is 1.20 bits per heavy atom. The normalized spacial score (nSPS) is 10.8. The number of ether oxygens (including phenoxy) is 1. The Kier molecular flexibility index (Phi) is 4.12. The van der Waals surface area contributed by atoms with Gasteiger partial charge in [-0.25, -0.2) is 9.78 Å². The van der Waals surface area contributed by atoms with Gasteiger partial charge in [0.1, 0.15) is 5.69 Å². The molecule has 0 aliphatic carbocycles. The summed E-state index contributed by atoms with van der Waals surface area (Å²) in [6, 6.07) is 11.0. The van der Waals surface area contributed by atoms with Gasteiger partial charge in [-0.1, -0.05) is 12.1 Å². The highest BCUT2D eigenvalue weighted by molar-refractivity contribution is 7.14. The number of anilines is 2. The van der Waals surface area contributed by atoms with Crippen LogP contribution in [0.25, 0.3) is 22.4 Å². The minimum atomic E-state index is -0.324. The molecule has 0 spiro atoms. The van der Waals surface area contributed by atoms with Crippen LogP contribution in [0, 0.1) is 0 Å². The summed E-state index contributed by atoms with van der Waals surface area (Å²) in [5.74, 6) is 1.30. The molecule has 3 heterocycles. The molecule has 0 fully saturated rings. The van der Waals surface area contributed by atoms with Crippen molar-refractivity contribution in [2.75, 3.05) is 17.7 Å². The van der Waals surface area contributed by atoms with Gasteiger partial charge < -0.3 is 9.15 Å². The number of para-hydroxylation sites is 1. The van der Waals surface area contributed by atoms with Crippen LogP contribution in [0.2, 0.25) is 0 Å². The highest BCUT2D eigenvalue weighted by atomic mass is 32.1. The second kappa shape index (κ2) is 6.58. The maximum Gasteiger partial charge on any atom is 0.326 e. The lowest BCUT2D eigenvalue weighted by Crippen LogP contribution is -2.18. The van der Waals surface area contributed by atoms with Gasteiger partial charge in [-0.3, -0.25) is 10.6 Å². The molecule has 2 amide bonds. The van der Waals surface area contributed by atoms with Gasteiger partial charge >= 0.3 is 6.03 Å². The number of methoxy groups -OCH3 is 1. The van der Waals surface area contributed by atoms with E-state index in [1.807, 2.05) is 47.2 Å². The number of benzene rings is 1. The number of furan rings is 1. The number of aromatic nitrogens is 1.